The molecule has 0 spiro atoms. The Morgan fingerprint density at radius 1 is 1.33 bits per heavy atom. The summed E-state index contributed by atoms with van der Waals surface area (Å²) in [6.07, 6.45) is 4.99. The van der Waals surface area contributed by atoms with Gasteiger partial charge in [-0.3, -0.25) is 0 Å². The van der Waals surface area contributed by atoms with Gasteiger partial charge in [-0.2, -0.15) is 0 Å². The number of hydrogen-bond acceptors (Lipinski definition) is 3. The van der Waals surface area contributed by atoms with Crippen molar-refractivity contribution in [1.29, 1.82) is 0 Å². The van der Waals surface area contributed by atoms with Crippen LogP contribution in [0.25, 0.3) is 5.69 Å². The number of benzene rings is 1. The highest BCUT2D eigenvalue weighted by molar-refractivity contribution is 5.37. The van der Waals surface area contributed by atoms with E-state index >= 15 is 0 Å². The Labute approximate surface area is 106 Å². The minimum atomic E-state index is 0.0869. The second-order valence-electron chi connectivity index (χ2n) is 4.70. The molecular formula is C14H17N3O. The molecule has 1 aromatic heterocycles. The average Bonchev–Trinajstić information content (AvgIpc) is 3.09. The summed E-state index contributed by atoms with van der Waals surface area (Å²) in [5.74, 6) is 0.546. The second kappa shape index (κ2) is 4.92. The molecule has 1 saturated heterocycles. The second-order valence-corrected chi connectivity index (χ2v) is 4.70. The van der Waals surface area contributed by atoms with Crippen LogP contribution < -0.4 is 5.32 Å². The molecule has 94 valence electrons. The van der Waals surface area contributed by atoms with E-state index in [2.05, 4.69) is 14.9 Å². The van der Waals surface area contributed by atoms with Crippen LogP contribution in [-0.4, -0.2) is 27.7 Å². The predicted molar refractivity (Wildman–Crippen MR) is 69.7 cm³/mol. The van der Waals surface area contributed by atoms with Gasteiger partial charge in [0.15, 0.2) is 0 Å². The van der Waals surface area contributed by atoms with E-state index in [1.54, 1.807) is 0 Å². The molecule has 1 unspecified atom stereocenters. The topological polar surface area (TPSA) is 50.1 Å². The molecule has 0 amide bonds. The average molecular weight is 243 g/mol. The predicted octanol–water partition coefficient (Wildman–Crippen LogP) is 1.44. The van der Waals surface area contributed by atoms with Crippen LogP contribution in [0.3, 0.4) is 0 Å². The van der Waals surface area contributed by atoms with Gasteiger partial charge in [-0.25, -0.2) is 4.98 Å². The fraction of sp³-hybridized carbons (Fsp3) is 0.357. The molecule has 0 saturated carbocycles. The van der Waals surface area contributed by atoms with Crippen LogP contribution in [0.2, 0.25) is 0 Å². The minimum absolute atomic E-state index is 0.0869. The third-order valence-electron chi connectivity index (χ3n) is 3.54. The lowest BCUT2D eigenvalue weighted by Gasteiger charge is -2.13. The van der Waals surface area contributed by atoms with E-state index in [1.807, 2.05) is 36.8 Å². The Morgan fingerprint density at radius 3 is 2.83 bits per heavy atom. The SMILES string of the molecule is OCc1ccc(-n2cncc2C2CCNC2)cc1. The van der Waals surface area contributed by atoms with Gasteiger partial charge in [-0.05, 0) is 30.7 Å². The minimum Gasteiger partial charge on any atom is -0.392 e. The lowest BCUT2D eigenvalue weighted by Crippen LogP contribution is -2.10. The van der Waals surface area contributed by atoms with Crippen molar-refractivity contribution in [2.24, 2.45) is 0 Å². The molecule has 1 fully saturated rings. The van der Waals surface area contributed by atoms with Gasteiger partial charge in [0.25, 0.3) is 0 Å². The highest BCUT2D eigenvalue weighted by atomic mass is 16.3. The summed E-state index contributed by atoms with van der Waals surface area (Å²) in [6.45, 7) is 2.20. The van der Waals surface area contributed by atoms with Crippen LogP contribution in [0.15, 0.2) is 36.8 Å². The Hall–Kier alpha value is -1.65. The monoisotopic (exact) mass is 243 g/mol. The van der Waals surface area contributed by atoms with Crippen molar-refractivity contribution in [2.45, 2.75) is 18.9 Å². The number of imidazole rings is 1. The van der Waals surface area contributed by atoms with Crippen LogP contribution in [0, 0.1) is 0 Å². The van der Waals surface area contributed by atoms with Crippen LogP contribution >= 0.6 is 0 Å². The van der Waals surface area contributed by atoms with E-state index < -0.39 is 0 Å². The first-order valence-electron chi connectivity index (χ1n) is 6.31. The van der Waals surface area contributed by atoms with E-state index in [-0.39, 0.29) is 6.61 Å². The van der Waals surface area contributed by atoms with Gasteiger partial charge in [0, 0.05) is 30.0 Å². The van der Waals surface area contributed by atoms with Crippen molar-refractivity contribution in [2.75, 3.05) is 13.1 Å². The van der Waals surface area contributed by atoms with E-state index in [9.17, 15) is 0 Å². The molecule has 18 heavy (non-hydrogen) atoms. The molecule has 1 aliphatic rings. The van der Waals surface area contributed by atoms with Crippen LogP contribution in [-0.2, 0) is 6.61 Å². The van der Waals surface area contributed by atoms with Gasteiger partial charge in [0.05, 0.1) is 12.9 Å². The van der Waals surface area contributed by atoms with Crippen LogP contribution in [0.1, 0.15) is 23.6 Å². The van der Waals surface area contributed by atoms with Gasteiger partial charge in [0.1, 0.15) is 0 Å². The number of aromatic nitrogens is 2. The van der Waals surface area contributed by atoms with E-state index in [0.717, 1.165) is 24.3 Å². The number of aliphatic hydroxyl groups excluding tert-OH is 1. The summed E-state index contributed by atoms with van der Waals surface area (Å²) in [5, 5.41) is 12.4. The van der Waals surface area contributed by atoms with Crippen LogP contribution in [0.4, 0.5) is 0 Å². The maximum absolute atomic E-state index is 9.06. The number of rotatable bonds is 3. The van der Waals surface area contributed by atoms with Crippen molar-refractivity contribution >= 4 is 0 Å². The molecule has 3 rings (SSSR count). The number of nitrogens with one attached hydrogen (secondary N) is 1. The molecule has 0 bridgehead atoms. The molecule has 0 aliphatic carbocycles. The molecule has 2 heterocycles. The summed E-state index contributed by atoms with van der Waals surface area (Å²) in [4.78, 5) is 4.27. The number of hydrogen-bond donors (Lipinski definition) is 2. The van der Waals surface area contributed by atoms with Gasteiger partial charge < -0.3 is 15.0 Å². The number of aliphatic hydroxyl groups is 1. The molecule has 2 N–H and O–H groups in total. The third kappa shape index (κ3) is 2.05. The van der Waals surface area contributed by atoms with Crippen molar-refractivity contribution in [3.63, 3.8) is 0 Å². The summed E-state index contributed by atoms with van der Waals surface area (Å²) >= 11 is 0. The smallest absolute Gasteiger partial charge is 0.0994 e. The zero-order valence-electron chi connectivity index (χ0n) is 10.2. The Morgan fingerprint density at radius 2 is 2.17 bits per heavy atom. The molecule has 0 radical (unpaired) electrons. The van der Waals surface area contributed by atoms with Gasteiger partial charge in [-0.15, -0.1) is 0 Å². The molecule has 1 atom stereocenters. The van der Waals surface area contributed by atoms with Crippen molar-refractivity contribution in [3.8, 4) is 5.69 Å². The third-order valence-corrected chi connectivity index (χ3v) is 3.54. The van der Waals surface area contributed by atoms with Crippen molar-refractivity contribution in [1.82, 2.24) is 14.9 Å². The highest BCUT2D eigenvalue weighted by Gasteiger charge is 2.20. The molecule has 4 heteroatoms. The summed E-state index contributed by atoms with van der Waals surface area (Å²) in [5.41, 5.74) is 3.30. The van der Waals surface area contributed by atoms with E-state index in [0.29, 0.717) is 5.92 Å². The van der Waals surface area contributed by atoms with E-state index in [4.69, 9.17) is 5.11 Å². The maximum atomic E-state index is 9.06. The largest absolute Gasteiger partial charge is 0.392 e. The molecule has 1 aliphatic heterocycles. The van der Waals surface area contributed by atoms with Crippen molar-refractivity contribution < 1.29 is 5.11 Å². The molecular weight excluding hydrogens is 226 g/mol. The Kier molecular flexibility index (Phi) is 3.13. The zero-order chi connectivity index (χ0) is 12.4. The van der Waals surface area contributed by atoms with Crippen molar-refractivity contribution in [3.05, 3.63) is 48.0 Å². The maximum Gasteiger partial charge on any atom is 0.0994 e. The lowest BCUT2D eigenvalue weighted by molar-refractivity contribution is 0.282. The number of nitrogens with zero attached hydrogens (tertiary/aromatic N) is 2. The molecule has 1 aromatic carbocycles. The molecule has 4 nitrogen and oxygen atoms in total. The zero-order valence-corrected chi connectivity index (χ0v) is 10.2. The van der Waals surface area contributed by atoms with E-state index in [1.165, 1.54) is 12.1 Å². The summed E-state index contributed by atoms with van der Waals surface area (Å²) in [6, 6.07) is 7.95. The summed E-state index contributed by atoms with van der Waals surface area (Å²) in [7, 11) is 0. The first-order valence-corrected chi connectivity index (χ1v) is 6.31. The van der Waals surface area contributed by atoms with Crippen LogP contribution in [0.5, 0.6) is 0 Å². The normalized spacial score (nSPS) is 19.3. The lowest BCUT2D eigenvalue weighted by atomic mass is 10.1. The quantitative estimate of drug-likeness (QED) is 0.857. The molecule has 2 aromatic rings. The fourth-order valence-corrected chi connectivity index (χ4v) is 2.49. The first kappa shape index (κ1) is 11.4. The first-order chi connectivity index (χ1) is 8.88. The standard InChI is InChI=1S/C14H17N3O/c18-9-11-1-3-13(4-2-11)17-10-16-8-14(17)12-5-6-15-7-12/h1-4,8,10,12,15,18H,5-7,9H2. The van der Waals surface area contributed by atoms with Gasteiger partial charge in [0.2, 0.25) is 0 Å². The Balaban J connectivity index is 1.93. The highest BCUT2D eigenvalue weighted by Crippen LogP contribution is 2.24. The van der Waals surface area contributed by atoms with Gasteiger partial charge in [-0.1, -0.05) is 12.1 Å². The fourth-order valence-electron chi connectivity index (χ4n) is 2.49. The Bertz CT molecular complexity index is 512. The van der Waals surface area contributed by atoms with Gasteiger partial charge >= 0.3 is 0 Å². The summed E-state index contributed by atoms with van der Waals surface area (Å²) < 4.78 is 2.14.